The summed E-state index contributed by atoms with van der Waals surface area (Å²) in [6.45, 7) is 0.257. The minimum absolute atomic E-state index is 0.257. The number of nitrogens with zero attached hydrogens (tertiary/aromatic N) is 1. The summed E-state index contributed by atoms with van der Waals surface area (Å²) >= 11 is 0. The molecule has 1 fully saturated rings. The fourth-order valence-corrected chi connectivity index (χ4v) is 2.05. The molecule has 20 heavy (non-hydrogen) atoms. The second-order valence-electron chi connectivity index (χ2n) is 4.42. The lowest BCUT2D eigenvalue weighted by Crippen LogP contribution is -2.35. The molecule has 1 aromatic heterocycles. The number of nitrogens with one attached hydrogen (secondary N) is 1. The van der Waals surface area contributed by atoms with Crippen LogP contribution in [-0.4, -0.2) is 41.3 Å². The van der Waals surface area contributed by atoms with Crippen LogP contribution in [-0.2, 0) is 20.9 Å². The number of hydrogen-bond acceptors (Lipinski definition) is 5. The summed E-state index contributed by atoms with van der Waals surface area (Å²) in [5.41, 5.74) is 0.746. The molecule has 2 rings (SSSR count). The van der Waals surface area contributed by atoms with Crippen molar-refractivity contribution in [3.05, 3.63) is 23.9 Å². The van der Waals surface area contributed by atoms with E-state index < -0.39 is 18.2 Å². The molecule has 1 aliphatic rings. The van der Waals surface area contributed by atoms with Crippen molar-refractivity contribution in [1.29, 1.82) is 0 Å². The molecule has 0 radical (unpaired) electrons. The van der Waals surface area contributed by atoms with Crippen LogP contribution in [0, 0.1) is 0 Å². The number of hydrogen-bond donors (Lipinski definition) is 2. The lowest BCUT2D eigenvalue weighted by Gasteiger charge is -2.12. The predicted molar refractivity (Wildman–Crippen MR) is 68.2 cm³/mol. The van der Waals surface area contributed by atoms with Gasteiger partial charge in [-0.3, -0.25) is 4.79 Å². The van der Waals surface area contributed by atoms with Gasteiger partial charge in [-0.2, -0.15) is 0 Å². The number of ether oxygens (including phenoxy) is 2. The Morgan fingerprint density at radius 1 is 1.50 bits per heavy atom. The van der Waals surface area contributed by atoms with Crippen LogP contribution in [0.15, 0.2) is 18.3 Å². The standard InChI is InChI=1S/C13H16N2O5/c1-19-12-8(3-2-6-14-12)7-15-11(16)9-4-5-10(20-9)13(17)18/h2-3,6,9-10H,4-5,7H2,1H3,(H,15,16)(H,17,18). The van der Waals surface area contributed by atoms with Gasteiger partial charge in [-0.05, 0) is 18.9 Å². The Balaban J connectivity index is 1.88. The van der Waals surface area contributed by atoms with Crippen molar-refractivity contribution in [2.75, 3.05) is 7.11 Å². The summed E-state index contributed by atoms with van der Waals surface area (Å²) in [4.78, 5) is 26.7. The molecule has 1 aliphatic heterocycles. The topological polar surface area (TPSA) is 97.8 Å². The maximum atomic E-state index is 11.9. The zero-order valence-electron chi connectivity index (χ0n) is 11.0. The molecule has 0 spiro atoms. The van der Waals surface area contributed by atoms with Crippen LogP contribution in [0.25, 0.3) is 0 Å². The third-order valence-electron chi connectivity index (χ3n) is 3.08. The van der Waals surface area contributed by atoms with E-state index in [4.69, 9.17) is 14.6 Å². The lowest BCUT2D eigenvalue weighted by molar-refractivity contribution is -0.151. The second-order valence-corrected chi connectivity index (χ2v) is 4.42. The Labute approximate surface area is 115 Å². The third kappa shape index (κ3) is 3.24. The van der Waals surface area contributed by atoms with Crippen molar-refractivity contribution in [1.82, 2.24) is 10.3 Å². The van der Waals surface area contributed by atoms with Gasteiger partial charge < -0.3 is 19.9 Å². The van der Waals surface area contributed by atoms with Gasteiger partial charge >= 0.3 is 5.97 Å². The highest BCUT2D eigenvalue weighted by Gasteiger charge is 2.34. The molecule has 7 nitrogen and oxygen atoms in total. The molecule has 2 N–H and O–H groups in total. The van der Waals surface area contributed by atoms with Crippen LogP contribution in [0.2, 0.25) is 0 Å². The van der Waals surface area contributed by atoms with Crippen LogP contribution >= 0.6 is 0 Å². The van der Waals surface area contributed by atoms with E-state index in [1.165, 1.54) is 7.11 Å². The van der Waals surface area contributed by atoms with E-state index in [1.54, 1.807) is 18.3 Å². The maximum Gasteiger partial charge on any atom is 0.332 e. The van der Waals surface area contributed by atoms with E-state index in [9.17, 15) is 9.59 Å². The summed E-state index contributed by atoms with van der Waals surface area (Å²) in [6, 6.07) is 3.54. The highest BCUT2D eigenvalue weighted by Crippen LogP contribution is 2.20. The van der Waals surface area contributed by atoms with Crippen LogP contribution < -0.4 is 10.1 Å². The monoisotopic (exact) mass is 280 g/mol. The van der Waals surface area contributed by atoms with Crippen molar-refractivity contribution in [3.8, 4) is 5.88 Å². The first kappa shape index (κ1) is 14.3. The summed E-state index contributed by atoms with van der Waals surface area (Å²) in [5, 5.41) is 11.5. The minimum Gasteiger partial charge on any atom is -0.481 e. The van der Waals surface area contributed by atoms with E-state index in [2.05, 4.69) is 10.3 Å². The van der Waals surface area contributed by atoms with Crippen molar-refractivity contribution in [3.63, 3.8) is 0 Å². The van der Waals surface area contributed by atoms with Crippen LogP contribution in [0.5, 0.6) is 5.88 Å². The Morgan fingerprint density at radius 3 is 2.90 bits per heavy atom. The van der Waals surface area contributed by atoms with Gasteiger partial charge in [0.15, 0.2) is 6.10 Å². The van der Waals surface area contributed by atoms with E-state index in [0.29, 0.717) is 18.7 Å². The first-order valence-corrected chi connectivity index (χ1v) is 6.25. The SMILES string of the molecule is COc1ncccc1CNC(=O)C1CCC(C(=O)O)O1. The van der Waals surface area contributed by atoms with Gasteiger partial charge in [-0.1, -0.05) is 6.07 Å². The first-order chi connectivity index (χ1) is 9.61. The molecule has 1 aromatic rings. The molecule has 1 amide bonds. The highest BCUT2D eigenvalue weighted by atomic mass is 16.5. The van der Waals surface area contributed by atoms with Crippen molar-refractivity contribution >= 4 is 11.9 Å². The smallest absolute Gasteiger partial charge is 0.332 e. The van der Waals surface area contributed by atoms with Gasteiger partial charge in [-0.25, -0.2) is 9.78 Å². The Bertz CT molecular complexity index is 505. The van der Waals surface area contributed by atoms with Gasteiger partial charge in [0.2, 0.25) is 11.8 Å². The van der Waals surface area contributed by atoms with Crippen molar-refractivity contribution in [2.45, 2.75) is 31.6 Å². The maximum absolute atomic E-state index is 11.9. The second kappa shape index (κ2) is 6.33. The number of carbonyl (C=O) groups excluding carboxylic acids is 1. The molecule has 0 aliphatic carbocycles. The van der Waals surface area contributed by atoms with E-state index in [1.807, 2.05) is 0 Å². The number of pyridine rings is 1. The zero-order valence-corrected chi connectivity index (χ0v) is 11.0. The van der Waals surface area contributed by atoms with E-state index >= 15 is 0 Å². The predicted octanol–water partition coefficient (Wildman–Crippen LogP) is 0.339. The van der Waals surface area contributed by atoms with E-state index in [0.717, 1.165) is 5.56 Å². The number of carboxylic acid groups (broad SMARTS) is 1. The molecule has 1 saturated heterocycles. The number of aliphatic carboxylic acids is 1. The number of rotatable bonds is 5. The molecule has 7 heteroatoms. The molecule has 0 aromatic carbocycles. The van der Waals surface area contributed by atoms with Crippen LogP contribution in [0.1, 0.15) is 18.4 Å². The van der Waals surface area contributed by atoms with Crippen molar-refractivity contribution in [2.24, 2.45) is 0 Å². The van der Waals surface area contributed by atoms with Gasteiger partial charge in [0, 0.05) is 18.3 Å². The number of methoxy groups -OCH3 is 1. The number of amides is 1. The molecule has 2 atom stereocenters. The summed E-state index contributed by atoms with van der Waals surface area (Å²) < 4.78 is 10.3. The fourth-order valence-electron chi connectivity index (χ4n) is 2.05. The summed E-state index contributed by atoms with van der Waals surface area (Å²) in [7, 11) is 1.51. The summed E-state index contributed by atoms with van der Waals surface area (Å²) in [5.74, 6) is -0.905. The molecule has 108 valence electrons. The van der Waals surface area contributed by atoms with Gasteiger partial charge in [-0.15, -0.1) is 0 Å². The molecule has 0 saturated carbocycles. The van der Waals surface area contributed by atoms with Gasteiger partial charge in [0.1, 0.15) is 6.10 Å². The third-order valence-corrected chi connectivity index (χ3v) is 3.08. The van der Waals surface area contributed by atoms with E-state index in [-0.39, 0.29) is 12.5 Å². The molecule has 2 heterocycles. The van der Waals surface area contributed by atoms with Crippen LogP contribution in [0.4, 0.5) is 0 Å². The normalized spacial score (nSPS) is 21.4. The quantitative estimate of drug-likeness (QED) is 0.807. The average molecular weight is 280 g/mol. The lowest BCUT2D eigenvalue weighted by atomic mass is 10.2. The zero-order chi connectivity index (χ0) is 14.5. The first-order valence-electron chi connectivity index (χ1n) is 6.25. The molecule has 2 unspecified atom stereocenters. The number of carboxylic acids is 1. The number of aromatic nitrogens is 1. The Kier molecular flexibility index (Phi) is 4.52. The fraction of sp³-hybridized carbons (Fsp3) is 0.462. The average Bonchev–Trinajstić information content (AvgIpc) is 2.95. The largest absolute Gasteiger partial charge is 0.481 e. The minimum atomic E-state index is -1.03. The molecule has 0 bridgehead atoms. The van der Waals surface area contributed by atoms with Crippen molar-refractivity contribution < 1.29 is 24.2 Å². The molecular formula is C13H16N2O5. The van der Waals surface area contributed by atoms with Gasteiger partial charge in [0.25, 0.3) is 0 Å². The Hall–Kier alpha value is -2.15. The highest BCUT2D eigenvalue weighted by molar-refractivity contribution is 5.82. The Morgan fingerprint density at radius 2 is 2.25 bits per heavy atom. The van der Waals surface area contributed by atoms with Crippen LogP contribution in [0.3, 0.4) is 0 Å². The van der Waals surface area contributed by atoms with Gasteiger partial charge in [0.05, 0.1) is 7.11 Å². The summed E-state index contributed by atoms with van der Waals surface area (Å²) in [6.07, 6.45) is 0.760. The number of carbonyl (C=O) groups is 2. The molecular weight excluding hydrogens is 264 g/mol.